The quantitative estimate of drug-likeness (QED) is 0.644. The maximum absolute atomic E-state index is 5.97. The van der Waals surface area contributed by atoms with Crippen molar-refractivity contribution in [1.29, 1.82) is 0 Å². The molecule has 0 saturated heterocycles. The van der Waals surface area contributed by atoms with Crippen LogP contribution in [-0.4, -0.2) is 30.8 Å². The van der Waals surface area contributed by atoms with Gasteiger partial charge in [0.25, 0.3) is 0 Å². The zero-order valence-electron chi connectivity index (χ0n) is 8.63. The average Bonchev–Trinajstić information content (AvgIpc) is 2.04. The Morgan fingerprint density at radius 2 is 2.23 bits per heavy atom. The van der Waals surface area contributed by atoms with Crippen LogP contribution in [0.2, 0.25) is 0 Å². The summed E-state index contributed by atoms with van der Waals surface area (Å²) >= 11 is 5.97. The zero-order chi connectivity index (χ0) is 9.84. The highest BCUT2D eigenvalue weighted by molar-refractivity contribution is 6.21. The topological polar surface area (TPSA) is 18.5 Å². The van der Waals surface area contributed by atoms with Gasteiger partial charge in [-0.2, -0.15) is 0 Å². The molecule has 0 spiro atoms. The summed E-state index contributed by atoms with van der Waals surface area (Å²) in [5, 5.41) is 0.142. The van der Waals surface area contributed by atoms with Crippen molar-refractivity contribution in [2.24, 2.45) is 0 Å². The fourth-order valence-corrected chi connectivity index (χ4v) is 2.17. The van der Waals surface area contributed by atoms with Crippen molar-refractivity contribution >= 4 is 11.6 Å². The molecule has 1 rings (SSSR count). The van der Waals surface area contributed by atoms with E-state index in [1.165, 1.54) is 0 Å². The van der Waals surface area contributed by atoms with Gasteiger partial charge in [0.05, 0.1) is 23.7 Å². The predicted octanol–water partition coefficient (Wildman–Crippen LogP) is 2.59. The van der Waals surface area contributed by atoms with Gasteiger partial charge in [0.2, 0.25) is 0 Å². The van der Waals surface area contributed by atoms with Gasteiger partial charge in [0.15, 0.2) is 0 Å². The molecule has 0 radical (unpaired) electrons. The monoisotopic (exact) mass is 206 g/mol. The highest BCUT2D eigenvalue weighted by Gasteiger charge is 2.41. The fourth-order valence-electron chi connectivity index (χ4n) is 1.73. The van der Waals surface area contributed by atoms with Crippen LogP contribution in [0.1, 0.15) is 33.1 Å². The summed E-state index contributed by atoms with van der Waals surface area (Å²) in [7, 11) is 1.69. The Morgan fingerprint density at radius 1 is 1.54 bits per heavy atom. The minimum Gasteiger partial charge on any atom is -0.377 e. The Kier molecular flexibility index (Phi) is 4.50. The smallest absolute Gasteiger partial charge is 0.0997 e. The molecule has 1 saturated carbocycles. The number of alkyl halides is 1. The van der Waals surface area contributed by atoms with Gasteiger partial charge < -0.3 is 9.47 Å². The van der Waals surface area contributed by atoms with Crippen molar-refractivity contribution in [3.8, 4) is 0 Å². The van der Waals surface area contributed by atoms with Crippen molar-refractivity contribution in [2.75, 3.05) is 7.11 Å². The lowest BCUT2D eigenvalue weighted by atomic mass is 9.90. The summed E-state index contributed by atoms with van der Waals surface area (Å²) < 4.78 is 11.0. The first-order valence-electron chi connectivity index (χ1n) is 5.01. The number of methoxy groups -OCH3 is 1. The molecule has 0 aliphatic heterocycles. The van der Waals surface area contributed by atoms with Crippen LogP contribution >= 0.6 is 11.6 Å². The van der Waals surface area contributed by atoms with E-state index in [2.05, 4.69) is 13.8 Å². The van der Waals surface area contributed by atoms with Crippen molar-refractivity contribution in [2.45, 2.75) is 56.8 Å². The molecule has 0 N–H and O–H groups in total. The van der Waals surface area contributed by atoms with Crippen LogP contribution in [0.15, 0.2) is 0 Å². The van der Waals surface area contributed by atoms with Crippen molar-refractivity contribution in [3.63, 3.8) is 0 Å². The molecule has 0 aromatic rings. The molecule has 3 heteroatoms. The van der Waals surface area contributed by atoms with Gasteiger partial charge in [-0.1, -0.05) is 13.3 Å². The minimum atomic E-state index is 0.0981. The second-order valence-corrected chi connectivity index (χ2v) is 4.29. The van der Waals surface area contributed by atoms with Gasteiger partial charge in [-0.15, -0.1) is 11.6 Å². The summed E-state index contributed by atoms with van der Waals surface area (Å²) in [5.74, 6) is 0. The lowest BCUT2D eigenvalue weighted by Gasteiger charge is -2.41. The number of hydrogen-bond acceptors (Lipinski definition) is 2. The van der Waals surface area contributed by atoms with Crippen LogP contribution < -0.4 is 0 Å². The minimum absolute atomic E-state index is 0.0981. The summed E-state index contributed by atoms with van der Waals surface area (Å²) in [6, 6.07) is 0. The summed E-state index contributed by atoms with van der Waals surface area (Å²) in [6.45, 7) is 4.27. The van der Waals surface area contributed by atoms with Crippen LogP contribution in [0.3, 0.4) is 0 Å². The maximum Gasteiger partial charge on any atom is 0.0997 e. The lowest BCUT2D eigenvalue weighted by molar-refractivity contribution is -0.134. The molecule has 2 nitrogen and oxygen atoms in total. The van der Waals surface area contributed by atoms with Crippen LogP contribution in [0.5, 0.6) is 0 Å². The molecule has 0 amide bonds. The van der Waals surface area contributed by atoms with Crippen molar-refractivity contribution in [1.82, 2.24) is 0 Å². The van der Waals surface area contributed by atoms with E-state index in [1.54, 1.807) is 7.11 Å². The van der Waals surface area contributed by atoms with E-state index in [4.69, 9.17) is 21.1 Å². The highest BCUT2D eigenvalue weighted by atomic mass is 35.5. The second kappa shape index (κ2) is 5.18. The third-order valence-corrected chi connectivity index (χ3v) is 2.98. The van der Waals surface area contributed by atoms with E-state index >= 15 is 0 Å². The van der Waals surface area contributed by atoms with Crippen LogP contribution in [0.4, 0.5) is 0 Å². The normalized spacial score (nSPS) is 35.5. The molecular weight excluding hydrogens is 188 g/mol. The zero-order valence-corrected chi connectivity index (χ0v) is 9.38. The number of hydrogen-bond donors (Lipinski definition) is 0. The third-order valence-electron chi connectivity index (χ3n) is 2.55. The number of rotatable bonds is 5. The molecule has 1 fully saturated rings. The third kappa shape index (κ3) is 2.83. The Balaban J connectivity index is 2.22. The Bertz CT molecular complexity index is 152. The summed E-state index contributed by atoms with van der Waals surface area (Å²) in [5.41, 5.74) is 0. The number of ether oxygens (including phenoxy) is 2. The van der Waals surface area contributed by atoms with E-state index in [0.29, 0.717) is 6.10 Å². The molecule has 13 heavy (non-hydrogen) atoms. The Morgan fingerprint density at radius 3 is 2.69 bits per heavy atom. The van der Waals surface area contributed by atoms with Crippen molar-refractivity contribution < 1.29 is 9.47 Å². The van der Waals surface area contributed by atoms with Crippen molar-refractivity contribution in [3.05, 3.63) is 0 Å². The van der Waals surface area contributed by atoms with Gasteiger partial charge in [0.1, 0.15) is 0 Å². The SMILES string of the molecule is CCCC(C)OC1CC(Cl)C1OC. The van der Waals surface area contributed by atoms with E-state index in [0.717, 1.165) is 19.3 Å². The molecule has 0 heterocycles. The van der Waals surface area contributed by atoms with Crippen LogP contribution in [0, 0.1) is 0 Å². The Labute approximate surface area is 85.5 Å². The fraction of sp³-hybridized carbons (Fsp3) is 1.00. The largest absolute Gasteiger partial charge is 0.377 e. The molecule has 4 atom stereocenters. The molecule has 0 bridgehead atoms. The second-order valence-electron chi connectivity index (χ2n) is 3.73. The van der Waals surface area contributed by atoms with E-state index < -0.39 is 0 Å². The molecule has 0 aromatic carbocycles. The molecule has 78 valence electrons. The Hall–Kier alpha value is 0.210. The van der Waals surface area contributed by atoms with Crippen LogP contribution in [0.25, 0.3) is 0 Å². The predicted molar refractivity (Wildman–Crippen MR) is 54.3 cm³/mol. The number of halogens is 1. The maximum atomic E-state index is 5.97. The summed E-state index contributed by atoms with van der Waals surface area (Å²) in [4.78, 5) is 0. The van der Waals surface area contributed by atoms with E-state index in [1.807, 2.05) is 0 Å². The standard InChI is InChI=1S/C10H19ClO2/c1-4-5-7(2)13-9-6-8(11)10(9)12-3/h7-10H,4-6H2,1-3H3. The average molecular weight is 207 g/mol. The first-order chi connectivity index (χ1) is 6.19. The van der Waals surface area contributed by atoms with Crippen LogP contribution in [-0.2, 0) is 9.47 Å². The molecule has 4 unspecified atom stereocenters. The molecule has 1 aliphatic rings. The van der Waals surface area contributed by atoms with E-state index in [9.17, 15) is 0 Å². The van der Waals surface area contributed by atoms with Gasteiger partial charge in [0, 0.05) is 7.11 Å². The molecular formula is C10H19ClO2. The van der Waals surface area contributed by atoms with Gasteiger partial charge in [-0.25, -0.2) is 0 Å². The molecule has 0 aromatic heterocycles. The highest BCUT2D eigenvalue weighted by Crippen LogP contribution is 2.32. The van der Waals surface area contributed by atoms with E-state index in [-0.39, 0.29) is 17.6 Å². The first-order valence-corrected chi connectivity index (χ1v) is 5.45. The first kappa shape index (κ1) is 11.3. The van der Waals surface area contributed by atoms with Gasteiger partial charge in [-0.3, -0.25) is 0 Å². The van der Waals surface area contributed by atoms with Gasteiger partial charge >= 0.3 is 0 Å². The lowest BCUT2D eigenvalue weighted by Crippen LogP contribution is -2.51. The summed E-state index contributed by atoms with van der Waals surface area (Å²) in [6.07, 6.45) is 3.84. The molecule has 1 aliphatic carbocycles. The van der Waals surface area contributed by atoms with Gasteiger partial charge in [-0.05, 0) is 19.8 Å².